The normalized spacial score (nSPS) is 10.7. The maximum Gasteiger partial charge on any atom is 0.232 e. The van der Waals surface area contributed by atoms with Crippen molar-refractivity contribution in [3.05, 3.63) is 65.4 Å². The van der Waals surface area contributed by atoms with Crippen LogP contribution in [-0.4, -0.2) is 51.5 Å². The molecule has 0 saturated carbocycles. The first-order chi connectivity index (χ1) is 14.1. The number of aryl methyl sites for hydroxylation is 1. The average molecular weight is 431 g/mol. The lowest BCUT2D eigenvalue weighted by Gasteiger charge is -2.17. The van der Waals surface area contributed by atoms with Crippen molar-refractivity contribution in [2.45, 2.75) is 18.5 Å². The quantitative estimate of drug-likeness (QED) is 0.478. The minimum absolute atomic E-state index is 0.00744. The van der Waals surface area contributed by atoms with Gasteiger partial charge in [-0.25, -0.2) is 0 Å². The van der Waals surface area contributed by atoms with Crippen LogP contribution in [0.25, 0.3) is 5.69 Å². The van der Waals surface area contributed by atoms with Crippen LogP contribution in [0.3, 0.4) is 0 Å². The topological polar surface area (TPSA) is 60.2 Å². The Hall–Kier alpha value is -2.51. The summed E-state index contributed by atoms with van der Waals surface area (Å²) in [6.07, 6.45) is 2.60. The Labute approximate surface area is 179 Å². The van der Waals surface area contributed by atoms with Crippen molar-refractivity contribution in [2.24, 2.45) is 0 Å². The molecule has 0 atom stereocenters. The smallest absolute Gasteiger partial charge is 0.232 e. The molecule has 8 heteroatoms. The highest BCUT2D eigenvalue weighted by molar-refractivity contribution is 7.99. The minimum atomic E-state index is 0.00744. The molecule has 0 unspecified atom stereocenters. The van der Waals surface area contributed by atoms with Gasteiger partial charge in [-0.3, -0.25) is 9.36 Å². The van der Waals surface area contributed by atoms with Crippen LogP contribution in [0.1, 0.15) is 12.5 Å². The van der Waals surface area contributed by atoms with E-state index in [1.54, 1.807) is 42.5 Å². The third-order valence-electron chi connectivity index (χ3n) is 4.41. The number of carbonyl (C=O) groups is 1. The molecule has 0 aliphatic carbocycles. The summed E-state index contributed by atoms with van der Waals surface area (Å²) in [5.41, 5.74) is 2.25. The summed E-state index contributed by atoms with van der Waals surface area (Å²) in [4.78, 5) is 14.1. The zero-order chi connectivity index (χ0) is 20.6. The molecule has 0 aliphatic heterocycles. The van der Waals surface area contributed by atoms with Gasteiger partial charge in [0.1, 0.15) is 18.7 Å². The fraction of sp³-hybridized carbons (Fsp3) is 0.286. The van der Waals surface area contributed by atoms with Crippen LogP contribution in [0.4, 0.5) is 0 Å². The van der Waals surface area contributed by atoms with Gasteiger partial charge in [-0.2, -0.15) is 0 Å². The van der Waals surface area contributed by atoms with E-state index < -0.39 is 0 Å². The van der Waals surface area contributed by atoms with Gasteiger partial charge < -0.3 is 9.64 Å². The van der Waals surface area contributed by atoms with E-state index in [4.69, 9.17) is 16.3 Å². The number of ether oxygens (including phenoxy) is 1. The molecule has 2 aromatic carbocycles. The SMILES string of the molecule is CCc1ccccc1-n1cnnc1SCC(=O)N(C)CCOc1ccc(Cl)cc1. The van der Waals surface area contributed by atoms with E-state index in [1.165, 1.54) is 17.3 Å². The molecule has 29 heavy (non-hydrogen) atoms. The molecular formula is C21H23ClN4O2S. The number of amides is 1. The summed E-state index contributed by atoms with van der Waals surface area (Å²) in [6.45, 7) is 3.02. The van der Waals surface area contributed by atoms with Gasteiger partial charge >= 0.3 is 0 Å². The number of thioether (sulfide) groups is 1. The monoisotopic (exact) mass is 430 g/mol. The lowest BCUT2D eigenvalue weighted by Crippen LogP contribution is -2.32. The third-order valence-corrected chi connectivity index (χ3v) is 5.59. The van der Waals surface area contributed by atoms with Crippen molar-refractivity contribution in [1.29, 1.82) is 0 Å². The van der Waals surface area contributed by atoms with Gasteiger partial charge in [0.15, 0.2) is 5.16 Å². The predicted molar refractivity (Wildman–Crippen MR) is 116 cm³/mol. The van der Waals surface area contributed by atoms with Gasteiger partial charge in [0.05, 0.1) is 18.0 Å². The molecule has 1 aromatic heterocycles. The molecule has 1 amide bonds. The number of para-hydroxylation sites is 1. The lowest BCUT2D eigenvalue weighted by atomic mass is 10.1. The highest BCUT2D eigenvalue weighted by atomic mass is 35.5. The van der Waals surface area contributed by atoms with Gasteiger partial charge in [-0.1, -0.05) is 48.5 Å². The van der Waals surface area contributed by atoms with E-state index in [9.17, 15) is 4.79 Å². The van der Waals surface area contributed by atoms with Crippen LogP contribution in [0.15, 0.2) is 60.0 Å². The summed E-state index contributed by atoms with van der Waals surface area (Å²) in [5.74, 6) is 1.02. The Bertz CT molecular complexity index is 946. The van der Waals surface area contributed by atoms with E-state index >= 15 is 0 Å². The number of hydrogen-bond donors (Lipinski definition) is 0. The van der Waals surface area contributed by atoms with E-state index in [0.717, 1.165) is 17.9 Å². The zero-order valence-electron chi connectivity index (χ0n) is 16.4. The Morgan fingerprint density at radius 3 is 2.72 bits per heavy atom. The molecule has 0 fully saturated rings. The zero-order valence-corrected chi connectivity index (χ0v) is 18.0. The molecule has 0 aliphatic rings. The molecule has 0 bridgehead atoms. The molecule has 152 valence electrons. The lowest BCUT2D eigenvalue weighted by molar-refractivity contribution is -0.127. The van der Waals surface area contributed by atoms with Gasteiger partial charge in [0.2, 0.25) is 5.91 Å². The number of hydrogen-bond acceptors (Lipinski definition) is 5. The van der Waals surface area contributed by atoms with Crippen LogP contribution in [-0.2, 0) is 11.2 Å². The van der Waals surface area contributed by atoms with E-state index in [0.29, 0.717) is 23.3 Å². The number of benzene rings is 2. The van der Waals surface area contributed by atoms with Crippen LogP contribution in [0.2, 0.25) is 5.02 Å². The molecule has 3 rings (SSSR count). The van der Waals surface area contributed by atoms with Crippen molar-refractivity contribution in [1.82, 2.24) is 19.7 Å². The van der Waals surface area contributed by atoms with Gasteiger partial charge in [-0.15, -0.1) is 10.2 Å². The van der Waals surface area contributed by atoms with E-state index in [1.807, 2.05) is 22.8 Å². The number of rotatable bonds is 9. The summed E-state index contributed by atoms with van der Waals surface area (Å²) in [5, 5.41) is 9.56. The maximum atomic E-state index is 12.5. The van der Waals surface area contributed by atoms with E-state index in [2.05, 4.69) is 23.2 Å². The first-order valence-electron chi connectivity index (χ1n) is 9.32. The Morgan fingerprint density at radius 2 is 1.97 bits per heavy atom. The number of likely N-dealkylation sites (N-methyl/N-ethyl adjacent to an activating group) is 1. The molecule has 0 spiro atoms. The van der Waals surface area contributed by atoms with Crippen LogP contribution in [0, 0.1) is 0 Å². The van der Waals surface area contributed by atoms with Crippen molar-refractivity contribution in [3.63, 3.8) is 0 Å². The van der Waals surface area contributed by atoms with Gasteiger partial charge in [-0.05, 0) is 42.3 Å². The van der Waals surface area contributed by atoms with Gasteiger partial charge in [0, 0.05) is 12.1 Å². The average Bonchev–Trinajstić information content (AvgIpc) is 3.21. The Morgan fingerprint density at radius 1 is 1.21 bits per heavy atom. The van der Waals surface area contributed by atoms with Crippen LogP contribution < -0.4 is 4.74 Å². The van der Waals surface area contributed by atoms with Crippen molar-refractivity contribution in [2.75, 3.05) is 26.0 Å². The fourth-order valence-corrected chi connectivity index (χ4v) is 3.71. The molecule has 6 nitrogen and oxygen atoms in total. The van der Waals surface area contributed by atoms with Crippen molar-refractivity contribution >= 4 is 29.3 Å². The number of carbonyl (C=O) groups excluding carboxylic acids is 1. The number of nitrogens with zero attached hydrogens (tertiary/aromatic N) is 4. The summed E-state index contributed by atoms with van der Waals surface area (Å²) >= 11 is 7.24. The molecule has 3 aromatic rings. The molecular weight excluding hydrogens is 408 g/mol. The van der Waals surface area contributed by atoms with Gasteiger partial charge in [0.25, 0.3) is 0 Å². The Balaban J connectivity index is 1.52. The molecule has 0 N–H and O–H groups in total. The Kier molecular flexibility index (Phi) is 7.55. The standard InChI is InChI=1S/C21H23ClN4O2S/c1-3-16-6-4-5-7-19(16)26-15-23-24-21(26)29-14-20(27)25(2)12-13-28-18-10-8-17(22)9-11-18/h4-11,15H,3,12-14H2,1-2H3. The first-order valence-corrected chi connectivity index (χ1v) is 10.7. The summed E-state index contributed by atoms with van der Waals surface area (Å²) < 4.78 is 7.58. The largest absolute Gasteiger partial charge is 0.492 e. The maximum absolute atomic E-state index is 12.5. The van der Waals surface area contributed by atoms with Crippen LogP contribution >= 0.6 is 23.4 Å². The second-order valence-corrected chi connectivity index (χ2v) is 7.75. The number of halogens is 1. The van der Waals surface area contributed by atoms with E-state index in [-0.39, 0.29) is 11.7 Å². The molecule has 0 saturated heterocycles. The van der Waals surface area contributed by atoms with Crippen molar-refractivity contribution < 1.29 is 9.53 Å². The number of aromatic nitrogens is 3. The summed E-state index contributed by atoms with van der Waals surface area (Å²) in [7, 11) is 1.77. The second kappa shape index (κ2) is 10.3. The fourth-order valence-electron chi connectivity index (χ4n) is 2.73. The predicted octanol–water partition coefficient (Wildman–Crippen LogP) is 4.11. The third kappa shape index (κ3) is 5.74. The summed E-state index contributed by atoms with van der Waals surface area (Å²) in [6, 6.07) is 15.3. The van der Waals surface area contributed by atoms with Crippen LogP contribution in [0.5, 0.6) is 5.75 Å². The minimum Gasteiger partial charge on any atom is -0.492 e. The molecule has 0 radical (unpaired) electrons. The molecule has 1 heterocycles. The highest BCUT2D eigenvalue weighted by Crippen LogP contribution is 2.22. The second-order valence-electron chi connectivity index (χ2n) is 6.37. The highest BCUT2D eigenvalue weighted by Gasteiger charge is 2.14. The van der Waals surface area contributed by atoms with Crippen molar-refractivity contribution in [3.8, 4) is 11.4 Å². The first kappa shape index (κ1) is 21.2.